The number of aliphatic imine (C=N–C) groups is 1. The summed E-state index contributed by atoms with van der Waals surface area (Å²) < 4.78 is 5.65. The third-order valence-electron chi connectivity index (χ3n) is 5.24. The molecule has 0 radical (unpaired) electrons. The molecule has 1 atom stereocenters. The van der Waals surface area contributed by atoms with Crippen LogP contribution in [-0.2, 0) is 16.1 Å². The van der Waals surface area contributed by atoms with Crippen molar-refractivity contribution in [1.82, 2.24) is 10.6 Å². The van der Waals surface area contributed by atoms with Gasteiger partial charge in [-0.25, -0.2) is 4.99 Å². The Labute approximate surface area is 183 Å². The van der Waals surface area contributed by atoms with Gasteiger partial charge in [-0.15, -0.1) is 0 Å². The van der Waals surface area contributed by atoms with Gasteiger partial charge >= 0.3 is 0 Å². The maximum atomic E-state index is 12.8. The van der Waals surface area contributed by atoms with Gasteiger partial charge in [0.1, 0.15) is 0 Å². The van der Waals surface area contributed by atoms with Crippen LogP contribution in [-0.4, -0.2) is 37.0 Å². The first-order valence-corrected chi connectivity index (χ1v) is 10.6. The standard InChI is InChI=1S/C24H30N4O3/c1-16-6-11-21(13-17(16)2)27-24(26-15-22-5-4-12-31-22)28-23(30)20-9-7-19(8-10-20)14-25-18(3)29/h6-11,13,22H,4-5,12,14-15H2,1-3H3,(H,25,29)(H2,26,27,28,30). The van der Waals surface area contributed by atoms with Crippen molar-refractivity contribution < 1.29 is 14.3 Å². The Morgan fingerprint density at radius 3 is 2.52 bits per heavy atom. The molecule has 1 unspecified atom stereocenters. The molecule has 0 saturated carbocycles. The van der Waals surface area contributed by atoms with Crippen LogP contribution in [0.1, 0.15) is 46.8 Å². The van der Waals surface area contributed by atoms with E-state index in [1.807, 2.05) is 37.3 Å². The van der Waals surface area contributed by atoms with Gasteiger partial charge in [-0.3, -0.25) is 14.9 Å². The fraction of sp³-hybridized carbons (Fsp3) is 0.375. The van der Waals surface area contributed by atoms with Gasteiger partial charge in [-0.2, -0.15) is 0 Å². The minimum Gasteiger partial charge on any atom is -0.376 e. The molecule has 0 bridgehead atoms. The number of aryl methyl sites for hydroxylation is 2. The van der Waals surface area contributed by atoms with Gasteiger partial charge in [0.2, 0.25) is 11.9 Å². The molecule has 0 aromatic heterocycles. The van der Waals surface area contributed by atoms with Crippen LogP contribution < -0.4 is 16.0 Å². The number of rotatable bonds is 6. The molecule has 31 heavy (non-hydrogen) atoms. The van der Waals surface area contributed by atoms with Gasteiger partial charge in [0.05, 0.1) is 12.6 Å². The summed E-state index contributed by atoms with van der Waals surface area (Å²) in [5.74, 6) is 0.0471. The number of nitrogens with zero attached hydrogens (tertiary/aromatic N) is 1. The van der Waals surface area contributed by atoms with Crippen molar-refractivity contribution in [3.63, 3.8) is 0 Å². The normalized spacial score (nSPS) is 16.1. The van der Waals surface area contributed by atoms with Crippen molar-refractivity contribution in [3.05, 3.63) is 64.7 Å². The Morgan fingerprint density at radius 2 is 1.87 bits per heavy atom. The van der Waals surface area contributed by atoms with Gasteiger partial charge in [0, 0.05) is 31.3 Å². The van der Waals surface area contributed by atoms with E-state index in [1.54, 1.807) is 12.1 Å². The Balaban J connectivity index is 1.70. The van der Waals surface area contributed by atoms with Gasteiger partial charge in [-0.05, 0) is 67.6 Å². The molecule has 7 heteroatoms. The second-order valence-corrected chi connectivity index (χ2v) is 7.81. The quantitative estimate of drug-likeness (QED) is 0.492. The molecule has 1 aliphatic rings. The Bertz CT molecular complexity index is 948. The van der Waals surface area contributed by atoms with Crippen molar-refractivity contribution in [1.29, 1.82) is 0 Å². The van der Waals surface area contributed by atoms with Crippen LogP contribution in [0.25, 0.3) is 0 Å². The largest absolute Gasteiger partial charge is 0.376 e. The Kier molecular flexibility index (Phi) is 7.78. The summed E-state index contributed by atoms with van der Waals surface area (Å²) in [5.41, 5.74) is 4.65. The van der Waals surface area contributed by atoms with Crippen LogP contribution in [0.15, 0.2) is 47.5 Å². The highest BCUT2D eigenvalue weighted by atomic mass is 16.5. The number of hydrogen-bond acceptors (Lipinski definition) is 4. The predicted molar refractivity (Wildman–Crippen MR) is 122 cm³/mol. The predicted octanol–water partition coefficient (Wildman–Crippen LogP) is 3.32. The second kappa shape index (κ2) is 10.7. The highest BCUT2D eigenvalue weighted by Gasteiger charge is 2.16. The molecule has 1 heterocycles. The molecule has 2 aromatic carbocycles. The van der Waals surface area contributed by atoms with Crippen LogP contribution >= 0.6 is 0 Å². The lowest BCUT2D eigenvalue weighted by Gasteiger charge is -2.14. The van der Waals surface area contributed by atoms with E-state index in [0.29, 0.717) is 24.6 Å². The molecule has 0 aliphatic carbocycles. The van der Waals surface area contributed by atoms with Crippen LogP contribution in [0.3, 0.4) is 0 Å². The average Bonchev–Trinajstić information content (AvgIpc) is 3.27. The van der Waals surface area contributed by atoms with E-state index in [2.05, 4.69) is 27.9 Å². The van der Waals surface area contributed by atoms with Crippen molar-refractivity contribution >= 4 is 23.5 Å². The minimum atomic E-state index is -0.256. The summed E-state index contributed by atoms with van der Waals surface area (Å²) in [7, 11) is 0. The zero-order chi connectivity index (χ0) is 22.2. The number of carbonyl (C=O) groups is 2. The maximum Gasteiger partial charge on any atom is 0.257 e. The van der Waals surface area contributed by atoms with Crippen molar-refractivity contribution in [2.45, 2.75) is 46.3 Å². The first kappa shape index (κ1) is 22.5. The van der Waals surface area contributed by atoms with Gasteiger partial charge in [0.15, 0.2) is 0 Å². The minimum absolute atomic E-state index is 0.0847. The third-order valence-corrected chi connectivity index (χ3v) is 5.24. The first-order chi connectivity index (χ1) is 14.9. The Hall–Kier alpha value is -3.19. The van der Waals surface area contributed by atoms with Gasteiger partial charge in [0.25, 0.3) is 5.91 Å². The Morgan fingerprint density at radius 1 is 1.10 bits per heavy atom. The molecule has 2 amide bonds. The maximum absolute atomic E-state index is 12.8. The van der Waals surface area contributed by atoms with Crippen molar-refractivity contribution in [3.8, 4) is 0 Å². The number of benzene rings is 2. The lowest BCUT2D eigenvalue weighted by atomic mass is 10.1. The topological polar surface area (TPSA) is 91.8 Å². The molecule has 164 valence electrons. The molecule has 7 nitrogen and oxygen atoms in total. The lowest BCUT2D eigenvalue weighted by Crippen LogP contribution is -2.36. The van der Waals surface area contributed by atoms with E-state index in [0.717, 1.165) is 36.3 Å². The van der Waals surface area contributed by atoms with Crippen LogP contribution in [0, 0.1) is 13.8 Å². The number of anilines is 1. The van der Waals surface area contributed by atoms with Crippen molar-refractivity contribution in [2.75, 3.05) is 18.5 Å². The number of ether oxygens (including phenoxy) is 1. The lowest BCUT2D eigenvalue weighted by molar-refractivity contribution is -0.119. The van der Waals surface area contributed by atoms with Crippen LogP contribution in [0.2, 0.25) is 0 Å². The zero-order valence-electron chi connectivity index (χ0n) is 18.3. The monoisotopic (exact) mass is 422 g/mol. The molecular formula is C24H30N4O3. The SMILES string of the molecule is CC(=O)NCc1ccc(C(=O)NC(=NCC2CCCO2)Nc2ccc(C)c(C)c2)cc1. The fourth-order valence-corrected chi connectivity index (χ4v) is 3.23. The summed E-state index contributed by atoms with van der Waals surface area (Å²) in [6, 6.07) is 13.1. The zero-order valence-corrected chi connectivity index (χ0v) is 18.3. The number of hydrogen-bond donors (Lipinski definition) is 3. The molecule has 1 saturated heterocycles. The average molecular weight is 423 g/mol. The van der Waals surface area contributed by atoms with E-state index in [4.69, 9.17) is 4.74 Å². The summed E-state index contributed by atoms with van der Waals surface area (Å²) in [6.07, 6.45) is 2.10. The number of amides is 2. The van der Waals surface area contributed by atoms with E-state index in [-0.39, 0.29) is 17.9 Å². The molecule has 1 aliphatic heterocycles. The second-order valence-electron chi connectivity index (χ2n) is 7.81. The first-order valence-electron chi connectivity index (χ1n) is 10.6. The number of nitrogens with one attached hydrogen (secondary N) is 3. The summed E-state index contributed by atoms with van der Waals surface area (Å²) >= 11 is 0. The van der Waals surface area contributed by atoms with E-state index in [1.165, 1.54) is 12.5 Å². The van der Waals surface area contributed by atoms with Gasteiger partial charge < -0.3 is 15.4 Å². The van der Waals surface area contributed by atoms with E-state index in [9.17, 15) is 9.59 Å². The molecule has 2 aromatic rings. The fourth-order valence-electron chi connectivity index (χ4n) is 3.23. The van der Waals surface area contributed by atoms with Crippen LogP contribution in [0.4, 0.5) is 5.69 Å². The van der Waals surface area contributed by atoms with Gasteiger partial charge in [-0.1, -0.05) is 18.2 Å². The molecule has 0 spiro atoms. The molecule has 3 rings (SSSR count). The van der Waals surface area contributed by atoms with Crippen LogP contribution in [0.5, 0.6) is 0 Å². The van der Waals surface area contributed by atoms with E-state index < -0.39 is 0 Å². The molecule has 3 N–H and O–H groups in total. The number of carbonyl (C=O) groups excluding carboxylic acids is 2. The summed E-state index contributed by atoms with van der Waals surface area (Å²) in [4.78, 5) is 28.4. The highest BCUT2D eigenvalue weighted by molar-refractivity contribution is 6.10. The van der Waals surface area contributed by atoms with Crippen molar-refractivity contribution in [2.24, 2.45) is 4.99 Å². The smallest absolute Gasteiger partial charge is 0.257 e. The highest BCUT2D eigenvalue weighted by Crippen LogP contribution is 2.15. The third kappa shape index (κ3) is 6.93. The molecule has 1 fully saturated rings. The molecular weight excluding hydrogens is 392 g/mol. The summed E-state index contributed by atoms with van der Waals surface area (Å²) in [6.45, 7) is 7.26. The van der Waals surface area contributed by atoms with E-state index >= 15 is 0 Å². The number of guanidine groups is 1. The summed E-state index contributed by atoms with van der Waals surface area (Å²) in [5, 5.41) is 8.86.